The molecule has 0 aromatic heterocycles. The van der Waals surface area contributed by atoms with Crippen molar-refractivity contribution < 1.29 is 18.9 Å². The molecule has 0 saturated carbocycles. The first-order valence-corrected chi connectivity index (χ1v) is 9.03. The van der Waals surface area contributed by atoms with Gasteiger partial charge < -0.3 is 9.79 Å². The van der Waals surface area contributed by atoms with Gasteiger partial charge in [0.05, 0.1) is 6.61 Å². The van der Waals surface area contributed by atoms with E-state index in [1.807, 2.05) is 0 Å². The van der Waals surface area contributed by atoms with Gasteiger partial charge in [-0.2, -0.15) is 12.6 Å². The number of unbranched alkanes of at least 4 members (excludes halogenated alkanes) is 9. The van der Waals surface area contributed by atoms with Crippen molar-refractivity contribution in [3.8, 4) is 0 Å². The highest BCUT2D eigenvalue weighted by atomic mass is 32.1. The Hall–Kier alpha value is 0.460. The van der Waals surface area contributed by atoms with Crippen LogP contribution in [0.3, 0.4) is 0 Å². The summed E-state index contributed by atoms with van der Waals surface area (Å²) < 4.78 is 14.8. The van der Waals surface area contributed by atoms with Crippen molar-refractivity contribution in [3.63, 3.8) is 0 Å². The van der Waals surface area contributed by atoms with E-state index in [2.05, 4.69) is 17.2 Å². The first kappa shape index (κ1) is 18.5. The summed E-state index contributed by atoms with van der Waals surface area (Å²) in [7, 11) is -4.25. The Morgan fingerprint density at radius 2 is 1.17 bits per heavy atom. The maximum Gasteiger partial charge on any atom is 0.469 e. The minimum atomic E-state index is -4.25. The monoisotopic (exact) mass is 298 g/mol. The molecule has 0 rings (SSSR count). The van der Waals surface area contributed by atoms with Crippen LogP contribution >= 0.6 is 20.5 Å². The number of phosphoric ester groups is 1. The first-order valence-electron chi connectivity index (χ1n) is 6.87. The number of thiol groups is 1. The molecule has 18 heavy (non-hydrogen) atoms. The van der Waals surface area contributed by atoms with Gasteiger partial charge in [0.2, 0.25) is 0 Å². The van der Waals surface area contributed by atoms with E-state index in [1.165, 1.54) is 44.9 Å². The lowest BCUT2D eigenvalue weighted by atomic mass is 10.1. The molecular formula is C12H27O4PS. The van der Waals surface area contributed by atoms with Gasteiger partial charge in [-0.1, -0.05) is 51.4 Å². The average Bonchev–Trinajstić information content (AvgIpc) is 2.29. The van der Waals surface area contributed by atoms with Gasteiger partial charge in [0.1, 0.15) is 0 Å². The second-order valence-electron chi connectivity index (χ2n) is 4.58. The Morgan fingerprint density at radius 1 is 0.778 bits per heavy atom. The molecule has 0 aromatic carbocycles. The molecule has 6 heteroatoms. The zero-order chi connectivity index (χ0) is 13.7. The third kappa shape index (κ3) is 16.5. The lowest BCUT2D eigenvalue weighted by Gasteiger charge is -2.05. The molecule has 0 bridgehead atoms. The summed E-state index contributed by atoms with van der Waals surface area (Å²) in [5.41, 5.74) is 0. The van der Waals surface area contributed by atoms with Crippen LogP contribution in [-0.4, -0.2) is 22.1 Å². The molecule has 110 valence electrons. The third-order valence-corrected chi connectivity index (χ3v) is 3.65. The summed E-state index contributed by atoms with van der Waals surface area (Å²) in [6.07, 6.45) is 11.8. The van der Waals surface area contributed by atoms with E-state index in [-0.39, 0.29) is 6.61 Å². The third-order valence-electron chi connectivity index (χ3n) is 2.81. The van der Waals surface area contributed by atoms with Crippen LogP contribution in [0.5, 0.6) is 0 Å². The predicted molar refractivity (Wildman–Crippen MR) is 78.0 cm³/mol. The molecule has 0 unspecified atom stereocenters. The summed E-state index contributed by atoms with van der Waals surface area (Å²) in [5.74, 6) is 0.997. The fraction of sp³-hybridized carbons (Fsp3) is 1.00. The Labute approximate surface area is 116 Å². The molecule has 0 aliphatic heterocycles. The molecule has 0 amide bonds. The van der Waals surface area contributed by atoms with Gasteiger partial charge in [0, 0.05) is 0 Å². The Balaban J connectivity index is 3.01. The topological polar surface area (TPSA) is 66.8 Å². The molecule has 0 aliphatic rings. The fourth-order valence-electron chi connectivity index (χ4n) is 1.81. The van der Waals surface area contributed by atoms with Crippen molar-refractivity contribution in [2.24, 2.45) is 0 Å². The number of rotatable bonds is 13. The van der Waals surface area contributed by atoms with Crippen LogP contribution in [0.2, 0.25) is 0 Å². The van der Waals surface area contributed by atoms with Crippen LogP contribution < -0.4 is 0 Å². The van der Waals surface area contributed by atoms with Crippen molar-refractivity contribution in [3.05, 3.63) is 0 Å². The van der Waals surface area contributed by atoms with E-state index in [1.54, 1.807) is 0 Å². The van der Waals surface area contributed by atoms with E-state index in [4.69, 9.17) is 9.79 Å². The van der Waals surface area contributed by atoms with Gasteiger partial charge in [-0.05, 0) is 18.6 Å². The highest BCUT2D eigenvalue weighted by molar-refractivity contribution is 7.80. The van der Waals surface area contributed by atoms with Crippen molar-refractivity contribution >= 4 is 20.5 Å². The summed E-state index contributed by atoms with van der Waals surface area (Å²) in [4.78, 5) is 16.9. The largest absolute Gasteiger partial charge is 0.469 e. The highest BCUT2D eigenvalue weighted by Crippen LogP contribution is 2.35. The summed E-state index contributed by atoms with van der Waals surface area (Å²) >= 11 is 4.18. The van der Waals surface area contributed by atoms with E-state index in [0.29, 0.717) is 0 Å². The van der Waals surface area contributed by atoms with Crippen LogP contribution in [-0.2, 0) is 9.09 Å². The molecule has 0 saturated heterocycles. The molecule has 0 atom stereocenters. The Bertz CT molecular complexity index is 220. The van der Waals surface area contributed by atoms with E-state index in [0.717, 1.165) is 25.0 Å². The highest BCUT2D eigenvalue weighted by Gasteiger charge is 2.12. The van der Waals surface area contributed by atoms with E-state index in [9.17, 15) is 4.57 Å². The Kier molecular flexibility index (Phi) is 12.8. The van der Waals surface area contributed by atoms with Crippen LogP contribution in [0.4, 0.5) is 0 Å². The molecule has 0 spiro atoms. The van der Waals surface area contributed by atoms with Gasteiger partial charge in [-0.15, -0.1) is 0 Å². The average molecular weight is 298 g/mol. The number of hydrogen-bond acceptors (Lipinski definition) is 3. The van der Waals surface area contributed by atoms with Gasteiger partial charge >= 0.3 is 7.82 Å². The molecular weight excluding hydrogens is 271 g/mol. The minimum absolute atomic E-state index is 0.161. The quantitative estimate of drug-likeness (QED) is 0.274. The summed E-state index contributed by atoms with van der Waals surface area (Å²) in [6.45, 7) is 0.161. The molecule has 4 nitrogen and oxygen atoms in total. The number of hydrogen-bond donors (Lipinski definition) is 3. The van der Waals surface area contributed by atoms with Crippen molar-refractivity contribution in [1.29, 1.82) is 0 Å². The second kappa shape index (κ2) is 12.5. The fourth-order valence-corrected chi connectivity index (χ4v) is 2.40. The van der Waals surface area contributed by atoms with Crippen molar-refractivity contribution in [1.82, 2.24) is 0 Å². The van der Waals surface area contributed by atoms with Crippen molar-refractivity contribution in [2.75, 3.05) is 12.4 Å². The molecule has 0 radical (unpaired) electrons. The molecule has 0 aromatic rings. The minimum Gasteiger partial charge on any atom is -0.303 e. The van der Waals surface area contributed by atoms with Crippen molar-refractivity contribution in [2.45, 2.75) is 64.2 Å². The second-order valence-corrected chi connectivity index (χ2v) is 6.27. The Morgan fingerprint density at radius 3 is 1.56 bits per heavy atom. The maximum absolute atomic E-state index is 10.4. The number of phosphoric acid groups is 1. The zero-order valence-corrected chi connectivity index (χ0v) is 12.9. The lowest BCUT2D eigenvalue weighted by molar-refractivity contribution is 0.193. The molecule has 0 fully saturated rings. The van der Waals surface area contributed by atoms with Crippen LogP contribution in [0.15, 0.2) is 0 Å². The SMILES string of the molecule is O=P(O)(O)OCCCCCCCCCCCCS. The molecule has 0 aliphatic carbocycles. The molecule has 0 heterocycles. The summed E-state index contributed by atoms with van der Waals surface area (Å²) in [6, 6.07) is 0. The van der Waals surface area contributed by atoms with Gasteiger partial charge in [0.25, 0.3) is 0 Å². The van der Waals surface area contributed by atoms with Crippen LogP contribution in [0.25, 0.3) is 0 Å². The molecule has 2 N–H and O–H groups in total. The van der Waals surface area contributed by atoms with E-state index < -0.39 is 7.82 Å². The van der Waals surface area contributed by atoms with Gasteiger partial charge in [-0.3, -0.25) is 4.52 Å². The van der Waals surface area contributed by atoms with E-state index >= 15 is 0 Å². The standard InChI is InChI=1S/C12H27O4PS/c13-17(14,15)16-11-9-7-5-3-1-2-4-6-8-10-12-18/h18H,1-12H2,(H2,13,14,15). The van der Waals surface area contributed by atoms with Gasteiger partial charge in [-0.25, -0.2) is 4.57 Å². The first-order chi connectivity index (χ1) is 8.56. The maximum atomic E-state index is 10.4. The van der Waals surface area contributed by atoms with Crippen LogP contribution in [0.1, 0.15) is 64.2 Å². The summed E-state index contributed by atoms with van der Waals surface area (Å²) in [5, 5.41) is 0. The zero-order valence-electron chi connectivity index (χ0n) is 11.1. The van der Waals surface area contributed by atoms with Crippen LogP contribution in [0, 0.1) is 0 Å². The lowest BCUT2D eigenvalue weighted by Crippen LogP contribution is -1.92. The smallest absolute Gasteiger partial charge is 0.303 e. The predicted octanol–water partition coefficient (Wildman–Crippen LogP) is 3.93. The normalized spacial score (nSPS) is 11.9. The van der Waals surface area contributed by atoms with Gasteiger partial charge in [0.15, 0.2) is 0 Å².